The molecule has 7 heteroatoms. The molecule has 0 aliphatic heterocycles. The van der Waals surface area contributed by atoms with Gasteiger partial charge in [0.2, 0.25) is 0 Å². The first kappa shape index (κ1) is 26.0. The highest BCUT2D eigenvalue weighted by Gasteiger charge is 2.38. The molecule has 0 amide bonds. The maximum atomic E-state index is 13.9. The molecule has 2 atom stereocenters. The quantitative estimate of drug-likeness (QED) is 0.417. The van der Waals surface area contributed by atoms with Crippen molar-refractivity contribution in [1.82, 2.24) is 5.32 Å². The Labute approximate surface area is 175 Å². The second-order valence-electron chi connectivity index (χ2n) is 8.30. The molecular weight excluding hydrogens is 394 g/mol. The molecule has 0 aliphatic rings. The molecule has 168 valence electrons. The minimum absolute atomic E-state index is 0.106. The third-order valence-corrected chi connectivity index (χ3v) is 7.93. The third-order valence-electron chi connectivity index (χ3n) is 5.20. The van der Waals surface area contributed by atoms with E-state index in [9.17, 15) is 17.2 Å². The van der Waals surface area contributed by atoms with Crippen molar-refractivity contribution < 1.29 is 17.2 Å². The maximum absolute atomic E-state index is 13.9. The van der Waals surface area contributed by atoms with Gasteiger partial charge in [-0.15, -0.1) is 0 Å². The van der Waals surface area contributed by atoms with E-state index < -0.39 is 38.0 Å². The van der Waals surface area contributed by atoms with Crippen molar-refractivity contribution in [2.24, 2.45) is 11.7 Å². The summed E-state index contributed by atoms with van der Waals surface area (Å²) in [7, 11) is -3.72. The van der Waals surface area contributed by atoms with Crippen molar-refractivity contribution in [2.75, 3.05) is 13.1 Å². The number of sulfone groups is 1. The minimum Gasteiger partial charge on any atom is -0.326 e. The van der Waals surface area contributed by atoms with Gasteiger partial charge in [-0.2, -0.15) is 0 Å². The van der Waals surface area contributed by atoms with Crippen molar-refractivity contribution in [2.45, 2.75) is 82.8 Å². The van der Waals surface area contributed by atoms with E-state index in [-0.39, 0.29) is 5.56 Å². The largest absolute Gasteiger partial charge is 0.326 e. The SMILES string of the molecule is CCCC(CCC)S(=O)(=O)C(c1cc(F)cc(F)c1)[C@@H](N)CCNCCC(C)C. The maximum Gasteiger partial charge on any atom is 0.161 e. The number of hydrogen-bond donors (Lipinski definition) is 2. The van der Waals surface area contributed by atoms with E-state index in [1.807, 2.05) is 13.8 Å². The Bertz CT molecular complexity index is 685. The Balaban J connectivity index is 3.14. The predicted octanol–water partition coefficient (Wildman–Crippen LogP) is 4.74. The molecule has 0 saturated carbocycles. The third kappa shape index (κ3) is 8.30. The van der Waals surface area contributed by atoms with E-state index in [0.717, 1.165) is 44.0 Å². The van der Waals surface area contributed by atoms with Gasteiger partial charge < -0.3 is 11.1 Å². The summed E-state index contributed by atoms with van der Waals surface area (Å²) in [6.07, 6.45) is 3.90. The number of nitrogens with two attached hydrogens (primary N) is 1. The van der Waals surface area contributed by atoms with Crippen molar-refractivity contribution in [3.05, 3.63) is 35.4 Å². The van der Waals surface area contributed by atoms with Crippen LogP contribution in [0, 0.1) is 17.6 Å². The van der Waals surface area contributed by atoms with Crippen LogP contribution in [-0.2, 0) is 9.84 Å². The van der Waals surface area contributed by atoms with Gasteiger partial charge in [0.05, 0.1) is 5.25 Å². The fourth-order valence-electron chi connectivity index (χ4n) is 3.68. The van der Waals surface area contributed by atoms with E-state index in [1.54, 1.807) is 0 Å². The highest BCUT2D eigenvalue weighted by molar-refractivity contribution is 7.92. The first-order valence-corrected chi connectivity index (χ1v) is 12.4. The molecule has 0 fully saturated rings. The average Bonchev–Trinajstić information content (AvgIpc) is 2.60. The predicted molar refractivity (Wildman–Crippen MR) is 117 cm³/mol. The van der Waals surface area contributed by atoms with E-state index in [2.05, 4.69) is 19.2 Å². The number of hydrogen-bond acceptors (Lipinski definition) is 4. The zero-order valence-electron chi connectivity index (χ0n) is 18.3. The molecule has 1 aromatic rings. The van der Waals surface area contributed by atoms with Gasteiger partial charge >= 0.3 is 0 Å². The van der Waals surface area contributed by atoms with E-state index in [0.29, 0.717) is 31.7 Å². The van der Waals surface area contributed by atoms with Crippen molar-refractivity contribution >= 4 is 9.84 Å². The summed E-state index contributed by atoms with van der Waals surface area (Å²) in [6, 6.07) is 2.21. The molecule has 0 bridgehead atoms. The van der Waals surface area contributed by atoms with Crippen LogP contribution in [0.4, 0.5) is 8.78 Å². The second-order valence-corrected chi connectivity index (χ2v) is 10.6. The first-order chi connectivity index (χ1) is 13.6. The standard InChI is InChI=1S/C22H38F2N2O2S/c1-5-7-20(8-6-2)29(27,28)22(17-13-18(23)15-19(24)14-17)21(25)10-12-26-11-9-16(3)4/h13-16,20-22,26H,5-12,25H2,1-4H3/t21-,22?/m0/s1. The summed E-state index contributed by atoms with van der Waals surface area (Å²) in [5.74, 6) is -1.00. The van der Waals surface area contributed by atoms with Crippen molar-refractivity contribution in [3.63, 3.8) is 0 Å². The van der Waals surface area contributed by atoms with Crippen LogP contribution >= 0.6 is 0 Å². The first-order valence-electron chi connectivity index (χ1n) is 10.8. The van der Waals surface area contributed by atoms with E-state index >= 15 is 0 Å². The summed E-state index contributed by atoms with van der Waals surface area (Å²) < 4.78 is 54.8. The average molecular weight is 433 g/mol. The molecule has 0 aromatic heterocycles. The van der Waals surface area contributed by atoms with Gasteiger partial charge in [0, 0.05) is 12.1 Å². The van der Waals surface area contributed by atoms with Gasteiger partial charge in [-0.25, -0.2) is 17.2 Å². The lowest BCUT2D eigenvalue weighted by Gasteiger charge is -2.29. The van der Waals surface area contributed by atoms with Crippen LogP contribution < -0.4 is 11.1 Å². The summed E-state index contributed by atoms with van der Waals surface area (Å²) in [4.78, 5) is 0. The molecule has 0 aliphatic carbocycles. The Kier molecular flexibility index (Phi) is 11.3. The molecule has 0 spiro atoms. The van der Waals surface area contributed by atoms with Crippen LogP contribution in [0.25, 0.3) is 0 Å². The summed E-state index contributed by atoms with van der Waals surface area (Å²) in [6.45, 7) is 9.53. The molecule has 0 saturated heterocycles. The molecule has 3 N–H and O–H groups in total. The van der Waals surface area contributed by atoms with E-state index in [1.165, 1.54) is 0 Å². The summed E-state index contributed by atoms with van der Waals surface area (Å²) in [5.41, 5.74) is 6.45. The second kappa shape index (κ2) is 12.6. The van der Waals surface area contributed by atoms with Gasteiger partial charge in [0.25, 0.3) is 0 Å². The van der Waals surface area contributed by atoms with Crippen LogP contribution in [-0.4, -0.2) is 32.8 Å². The van der Waals surface area contributed by atoms with Gasteiger partial charge in [-0.3, -0.25) is 0 Å². The summed E-state index contributed by atoms with van der Waals surface area (Å²) in [5, 5.41) is 1.60. The van der Waals surface area contributed by atoms with Crippen LogP contribution in [0.15, 0.2) is 18.2 Å². The van der Waals surface area contributed by atoms with Gasteiger partial charge in [-0.05, 0) is 62.4 Å². The molecule has 0 heterocycles. The van der Waals surface area contributed by atoms with Crippen LogP contribution in [0.2, 0.25) is 0 Å². The molecule has 4 nitrogen and oxygen atoms in total. The lowest BCUT2D eigenvalue weighted by molar-refractivity contribution is 0.484. The zero-order valence-corrected chi connectivity index (χ0v) is 19.1. The monoisotopic (exact) mass is 432 g/mol. The highest BCUT2D eigenvalue weighted by Crippen LogP contribution is 2.34. The Morgan fingerprint density at radius 2 is 1.45 bits per heavy atom. The Hall–Kier alpha value is -1.05. The zero-order chi connectivity index (χ0) is 22.0. The molecule has 0 radical (unpaired) electrons. The number of benzene rings is 1. The number of halogens is 2. The van der Waals surface area contributed by atoms with Gasteiger partial charge in [0.1, 0.15) is 16.9 Å². The molecule has 1 rings (SSSR count). The highest BCUT2D eigenvalue weighted by atomic mass is 32.2. The van der Waals surface area contributed by atoms with Crippen LogP contribution in [0.5, 0.6) is 0 Å². The molecular formula is C22H38F2N2O2S. The van der Waals surface area contributed by atoms with Gasteiger partial charge in [-0.1, -0.05) is 40.5 Å². The number of nitrogens with one attached hydrogen (secondary N) is 1. The lowest BCUT2D eigenvalue weighted by Crippen LogP contribution is -2.40. The normalized spacial score (nSPS) is 14.5. The summed E-state index contributed by atoms with van der Waals surface area (Å²) >= 11 is 0. The topological polar surface area (TPSA) is 72.2 Å². The Morgan fingerprint density at radius 3 is 1.93 bits per heavy atom. The molecule has 1 aromatic carbocycles. The van der Waals surface area contributed by atoms with Crippen LogP contribution in [0.3, 0.4) is 0 Å². The molecule has 1 unspecified atom stereocenters. The smallest absolute Gasteiger partial charge is 0.161 e. The van der Waals surface area contributed by atoms with Crippen LogP contribution in [0.1, 0.15) is 77.0 Å². The van der Waals surface area contributed by atoms with Gasteiger partial charge in [0.15, 0.2) is 9.84 Å². The number of rotatable bonds is 14. The molecule has 29 heavy (non-hydrogen) atoms. The lowest BCUT2D eigenvalue weighted by atomic mass is 10.0. The fourth-order valence-corrected chi connectivity index (χ4v) is 6.36. The minimum atomic E-state index is -3.72. The fraction of sp³-hybridized carbons (Fsp3) is 0.727. The van der Waals surface area contributed by atoms with Crippen molar-refractivity contribution in [1.29, 1.82) is 0 Å². The van der Waals surface area contributed by atoms with E-state index in [4.69, 9.17) is 5.73 Å². The van der Waals surface area contributed by atoms with Crippen molar-refractivity contribution in [3.8, 4) is 0 Å². The Morgan fingerprint density at radius 1 is 0.931 bits per heavy atom.